The molecule has 1 N–H and O–H groups in total. The molecule has 0 spiro atoms. The first-order chi connectivity index (χ1) is 8.97. The number of aryl methyl sites for hydroxylation is 1. The summed E-state index contributed by atoms with van der Waals surface area (Å²) in [6.45, 7) is 0.502. The minimum atomic E-state index is -0.0405. The van der Waals surface area contributed by atoms with Crippen molar-refractivity contribution < 1.29 is 9.90 Å². The lowest BCUT2D eigenvalue weighted by Crippen LogP contribution is -2.27. The number of carbonyl (C=O) groups excluding carboxylic acids is 1. The van der Waals surface area contributed by atoms with Crippen LogP contribution < -0.4 is 0 Å². The van der Waals surface area contributed by atoms with Gasteiger partial charge in [-0.1, -0.05) is 12.1 Å². The van der Waals surface area contributed by atoms with Crippen molar-refractivity contribution in [3.05, 3.63) is 52.3 Å². The molecule has 0 aliphatic heterocycles. The summed E-state index contributed by atoms with van der Waals surface area (Å²) in [7, 11) is 3.60. The zero-order valence-corrected chi connectivity index (χ0v) is 12.4. The van der Waals surface area contributed by atoms with E-state index in [9.17, 15) is 9.90 Å². The first kappa shape index (κ1) is 13.7. The number of hydrogen-bond donors (Lipinski definition) is 1. The third-order valence-corrected chi connectivity index (χ3v) is 3.33. The van der Waals surface area contributed by atoms with Crippen LogP contribution in [0.5, 0.6) is 5.75 Å². The summed E-state index contributed by atoms with van der Waals surface area (Å²) in [6, 6.07) is 8.65. The van der Waals surface area contributed by atoms with Crippen molar-refractivity contribution in [1.82, 2.24) is 9.47 Å². The number of nitrogens with zero attached hydrogens (tertiary/aromatic N) is 2. The summed E-state index contributed by atoms with van der Waals surface area (Å²) in [5.74, 6) is 0.186. The molecule has 4 nitrogen and oxygen atoms in total. The average molecular weight is 323 g/mol. The highest BCUT2D eigenvalue weighted by atomic mass is 79.9. The van der Waals surface area contributed by atoms with Crippen molar-refractivity contribution in [2.24, 2.45) is 7.05 Å². The number of aromatic nitrogens is 1. The second-order valence-electron chi connectivity index (χ2n) is 4.48. The Bertz CT molecular complexity index is 590. The van der Waals surface area contributed by atoms with Crippen molar-refractivity contribution in [1.29, 1.82) is 0 Å². The van der Waals surface area contributed by atoms with Gasteiger partial charge in [0.1, 0.15) is 11.4 Å². The molecule has 0 bridgehead atoms. The van der Waals surface area contributed by atoms with E-state index in [-0.39, 0.29) is 11.7 Å². The Morgan fingerprint density at radius 3 is 2.53 bits per heavy atom. The number of benzene rings is 1. The zero-order chi connectivity index (χ0) is 14.0. The molecule has 1 aromatic carbocycles. The van der Waals surface area contributed by atoms with E-state index in [2.05, 4.69) is 15.9 Å². The molecule has 0 saturated heterocycles. The minimum Gasteiger partial charge on any atom is -0.508 e. The van der Waals surface area contributed by atoms with Crippen LogP contribution in [0.15, 0.2) is 41.0 Å². The van der Waals surface area contributed by atoms with Gasteiger partial charge in [-0.05, 0) is 39.7 Å². The number of phenolic OH excluding ortho intramolecular Hbond substituents is 1. The normalized spacial score (nSPS) is 10.5. The van der Waals surface area contributed by atoms with E-state index in [1.807, 2.05) is 13.2 Å². The molecule has 0 atom stereocenters. The summed E-state index contributed by atoms with van der Waals surface area (Å²) < 4.78 is 2.68. The van der Waals surface area contributed by atoms with Crippen LogP contribution in [0, 0.1) is 0 Å². The number of hydrogen-bond acceptors (Lipinski definition) is 2. The lowest BCUT2D eigenvalue weighted by atomic mass is 10.2. The lowest BCUT2D eigenvalue weighted by Gasteiger charge is -2.17. The molecule has 2 rings (SSSR count). The number of rotatable bonds is 3. The van der Waals surface area contributed by atoms with E-state index in [0.29, 0.717) is 12.2 Å². The highest BCUT2D eigenvalue weighted by Gasteiger charge is 2.15. The van der Waals surface area contributed by atoms with Gasteiger partial charge in [0.2, 0.25) is 0 Å². The fourth-order valence-electron chi connectivity index (χ4n) is 1.88. The first-order valence-corrected chi connectivity index (χ1v) is 6.62. The average Bonchev–Trinajstić information content (AvgIpc) is 2.70. The highest BCUT2D eigenvalue weighted by molar-refractivity contribution is 9.10. The van der Waals surface area contributed by atoms with E-state index in [1.165, 1.54) is 0 Å². The van der Waals surface area contributed by atoms with Crippen LogP contribution in [-0.2, 0) is 13.6 Å². The Balaban J connectivity index is 2.11. The number of carbonyl (C=O) groups is 1. The van der Waals surface area contributed by atoms with E-state index in [4.69, 9.17) is 0 Å². The maximum absolute atomic E-state index is 12.3. The van der Waals surface area contributed by atoms with Gasteiger partial charge in [-0.3, -0.25) is 4.79 Å². The molecule has 5 heteroatoms. The molecule has 0 radical (unpaired) electrons. The molecular formula is C14H15BrN2O2. The second-order valence-corrected chi connectivity index (χ2v) is 5.40. The number of phenols is 1. The molecule has 1 amide bonds. The minimum absolute atomic E-state index is 0.0405. The molecule has 0 unspecified atom stereocenters. The zero-order valence-electron chi connectivity index (χ0n) is 10.8. The van der Waals surface area contributed by atoms with Crippen LogP contribution in [-0.4, -0.2) is 27.5 Å². The summed E-state index contributed by atoms with van der Waals surface area (Å²) >= 11 is 3.36. The fraction of sp³-hybridized carbons (Fsp3) is 0.214. The van der Waals surface area contributed by atoms with E-state index in [1.54, 1.807) is 46.8 Å². The van der Waals surface area contributed by atoms with E-state index < -0.39 is 0 Å². The number of aromatic hydroxyl groups is 1. The van der Waals surface area contributed by atoms with Gasteiger partial charge in [0.15, 0.2) is 0 Å². The third-order valence-electron chi connectivity index (χ3n) is 2.89. The van der Waals surface area contributed by atoms with Gasteiger partial charge in [0, 0.05) is 31.3 Å². The maximum atomic E-state index is 12.3. The Morgan fingerprint density at radius 1 is 1.37 bits per heavy atom. The van der Waals surface area contributed by atoms with Crippen LogP contribution in [0.3, 0.4) is 0 Å². The summed E-state index contributed by atoms with van der Waals surface area (Å²) in [5.41, 5.74) is 1.61. The van der Waals surface area contributed by atoms with Gasteiger partial charge >= 0.3 is 0 Å². The predicted molar refractivity (Wildman–Crippen MR) is 77.0 cm³/mol. The van der Waals surface area contributed by atoms with Gasteiger partial charge in [-0.25, -0.2) is 0 Å². The number of halogens is 1. The van der Waals surface area contributed by atoms with Crippen LogP contribution in [0.4, 0.5) is 0 Å². The molecule has 19 heavy (non-hydrogen) atoms. The van der Waals surface area contributed by atoms with E-state index in [0.717, 1.165) is 10.0 Å². The lowest BCUT2D eigenvalue weighted by molar-refractivity contribution is 0.0775. The van der Waals surface area contributed by atoms with Gasteiger partial charge in [-0.2, -0.15) is 0 Å². The van der Waals surface area contributed by atoms with Gasteiger partial charge in [0.25, 0.3) is 5.91 Å². The monoisotopic (exact) mass is 322 g/mol. The molecule has 0 saturated carbocycles. The van der Waals surface area contributed by atoms with Gasteiger partial charge in [-0.15, -0.1) is 0 Å². The molecule has 1 aromatic heterocycles. The predicted octanol–water partition coefficient (Wildman–Crippen LogP) is 2.77. The van der Waals surface area contributed by atoms with Crippen molar-refractivity contribution in [3.63, 3.8) is 0 Å². The third kappa shape index (κ3) is 3.17. The molecule has 2 aromatic rings. The molecule has 0 aliphatic carbocycles. The van der Waals surface area contributed by atoms with Crippen LogP contribution >= 0.6 is 15.9 Å². The van der Waals surface area contributed by atoms with Gasteiger partial charge in [0.05, 0.1) is 0 Å². The SMILES string of the molecule is CN(Cc1ccc(O)cc1)C(=O)c1cc(Br)cn1C. The second kappa shape index (κ2) is 5.48. The van der Waals surface area contributed by atoms with Crippen molar-refractivity contribution >= 4 is 21.8 Å². The maximum Gasteiger partial charge on any atom is 0.270 e. The summed E-state index contributed by atoms with van der Waals surface area (Å²) in [5, 5.41) is 9.23. The molecule has 100 valence electrons. The van der Waals surface area contributed by atoms with Crippen molar-refractivity contribution in [2.75, 3.05) is 7.05 Å². The fourth-order valence-corrected chi connectivity index (χ4v) is 2.40. The first-order valence-electron chi connectivity index (χ1n) is 5.82. The quantitative estimate of drug-likeness (QED) is 0.944. The summed E-state index contributed by atoms with van der Waals surface area (Å²) in [6.07, 6.45) is 1.85. The Kier molecular flexibility index (Phi) is 3.95. The van der Waals surface area contributed by atoms with E-state index >= 15 is 0 Å². The molecule has 0 fully saturated rings. The smallest absolute Gasteiger partial charge is 0.270 e. The standard InChI is InChI=1S/C14H15BrN2O2/c1-16-9-11(15)7-13(16)14(19)17(2)8-10-3-5-12(18)6-4-10/h3-7,9,18H,8H2,1-2H3. The molecular weight excluding hydrogens is 308 g/mol. The number of amides is 1. The van der Waals surface area contributed by atoms with Crippen molar-refractivity contribution in [2.45, 2.75) is 6.54 Å². The Morgan fingerprint density at radius 2 is 2.00 bits per heavy atom. The van der Waals surface area contributed by atoms with Crippen molar-refractivity contribution in [3.8, 4) is 5.75 Å². The van der Waals surface area contributed by atoms with Crippen LogP contribution in [0.25, 0.3) is 0 Å². The topological polar surface area (TPSA) is 45.5 Å². The largest absolute Gasteiger partial charge is 0.508 e. The Hall–Kier alpha value is -1.75. The molecule has 0 aliphatic rings. The van der Waals surface area contributed by atoms with Gasteiger partial charge < -0.3 is 14.6 Å². The molecule has 1 heterocycles. The Labute approximate surface area is 120 Å². The van der Waals surface area contributed by atoms with Crippen LogP contribution in [0.1, 0.15) is 16.1 Å². The summed E-state index contributed by atoms with van der Waals surface area (Å²) in [4.78, 5) is 13.9. The van der Waals surface area contributed by atoms with Crippen LogP contribution in [0.2, 0.25) is 0 Å². The highest BCUT2D eigenvalue weighted by Crippen LogP contribution is 2.16.